The van der Waals surface area contributed by atoms with Crippen molar-refractivity contribution in [3.63, 3.8) is 0 Å². The second kappa shape index (κ2) is 7.14. The number of nitrogens with zero attached hydrogens (tertiary/aromatic N) is 1. The predicted octanol–water partition coefficient (Wildman–Crippen LogP) is 4.25. The zero-order valence-electron chi connectivity index (χ0n) is 13.6. The third-order valence-corrected chi connectivity index (χ3v) is 5.17. The molecule has 1 unspecified atom stereocenters. The van der Waals surface area contributed by atoms with Crippen molar-refractivity contribution < 1.29 is 4.79 Å². The van der Waals surface area contributed by atoms with Crippen molar-refractivity contribution in [3.8, 4) is 0 Å². The van der Waals surface area contributed by atoms with Gasteiger partial charge >= 0.3 is 0 Å². The Morgan fingerprint density at radius 2 is 1.96 bits per heavy atom. The molecule has 1 amide bonds. The molecular formula is C19H20Cl2N2O. The van der Waals surface area contributed by atoms with Gasteiger partial charge in [-0.25, -0.2) is 0 Å². The number of benzene rings is 2. The lowest BCUT2D eigenvalue weighted by atomic mass is 9.85. The molecule has 24 heavy (non-hydrogen) atoms. The fourth-order valence-electron chi connectivity index (χ4n) is 3.39. The summed E-state index contributed by atoms with van der Waals surface area (Å²) in [5, 5.41) is 1.44. The van der Waals surface area contributed by atoms with E-state index in [0.717, 1.165) is 31.0 Å². The van der Waals surface area contributed by atoms with Crippen LogP contribution in [0.25, 0.3) is 0 Å². The molecule has 0 bridgehead atoms. The number of nitrogens with two attached hydrogens (primary N) is 1. The summed E-state index contributed by atoms with van der Waals surface area (Å²) in [5.74, 6) is -0.000525. The van der Waals surface area contributed by atoms with E-state index in [-0.39, 0.29) is 0 Å². The highest BCUT2D eigenvalue weighted by Crippen LogP contribution is 2.37. The number of hydrogen-bond donors (Lipinski definition) is 1. The summed E-state index contributed by atoms with van der Waals surface area (Å²) in [4.78, 5) is 13.4. The highest BCUT2D eigenvalue weighted by Gasteiger charge is 2.25. The number of carbonyl (C=O) groups is 1. The van der Waals surface area contributed by atoms with Crippen LogP contribution in [0.15, 0.2) is 36.4 Å². The molecule has 2 N–H and O–H groups in total. The summed E-state index contributed by atoms with van der Waals surface area (Å²) in [6.07, 6.45) is 1.94. The van der Waals surface area contributed by atoms with E-state index in [1.807, 2.05) is 18.2 Å². The van der Waals surface area contributed by atoms with Gasteiger partial charge in [0, 0.05) is 28.7 Å². The Morgan fingerprint density at radius 1 is 1.25 bits per heavy atom. The summed E-state index contributed by atoms with van der Waals surface area (Å²) in [6.45, 7) is 1.85. The van der Waals surface area contributed by atoms with Gasteiger partial charge in [0.1, 0.15) is 0 Å². The van der Waals surface area contributed by atoms with E-state index in [1.165, 1.54) is 16.7 Å². The highest BCUT2D eigenvalue weighted by atomic mass is 35.5. The first-order chi connectivity index (χ1) is 11.4. The molecule has 1 heterocycles. The monoisotopic (exact) mass is 362 g/mol. The minimum absolute atomic E-state index is 0.394. The van der Waals surface area contributed by atoms with E-state index < -0.39 is 5.91 Å². The Bertz CT molecular complexity index is 759. The van der Waals surface area contributed by atoms with Crippen LogP contribution in [0.4, 0.5) is 0 Å². The van der Waals surface area contributed by atoms with E-state index in [2.05, 4.69) is 18.0 Å². The Balaban J connectivity index is 1.77. The maximum Gasteiger partial charge on any atom is 0.248 e. The minimum Gasteiger partial charge on any atom is -0.366 e. The van der Waals surface area contributed by atoms with Crippen molar-refractivity contribution in [2.75, 3.05) is 13.6 Å². The van der Waals surface area contributed by atoms with Crippen LogP contribution in [0.1, 0.15) is 39.4 Å². The molecule has 126 valence electrons. The van der Waals surface area contributed by atoms with Gasteiger partial charge in [0.25, 0.3) is 0 Å². The first-order valence-corrected chi connectivity index (χ1v) is 8.74. The number of amides is 1. The van der Waals surface area contributed by atoms with Crippen LogP contribution < -0.4 is 5.73 Å². The van der Waals surface area contributed by atoms with Crippen LogP contribution >= 0.6 is 23.2 Å². The van der Waals surface area contributed by atoms with Gasteiger partial charge in [-0.15, -0.1) is 0 Å². The third-order valence-electron chi connectivity index (χ3n) is 4.61. The maximum absolute atomic E-state index is 11.1. The van der Waals surface area contributed by atoms with Gasteiger partial charge in [-0.05, 0) is 66.8 Å². The molecule has 0 aromatic heterocycles. The number of hydrogen-bond acceptors (Lipinski definition) is 2. The quantitative estimate of drug-likeness (QED) is 0.883. The average molecular weight is 363 g/mol. The Kier molecular flexibility index (Phi) is 5.14. The van der Waals surface area contributed by atoms with Gasteiger partial charge in [-0.2, -0.15) is 0 Å². The van der Waals surface area contributed by atoms with Gasteiger partial charge in [0.15, 0.2) is 0 Å². The molecule has 1 aliphatic heterocycles. The van der Waals surface area contributed by atoms with Crippen LogP contribution in [-0.2, 0) is 13.0 Å². The number of likely N-dealkylation sites (N-methyl/N-ethyl adjacent to an activating group) is 1. The zero-order chi connectivity index (χ0) is 17.3. The van der Waals surface area contributed by atoms with E-state index in [4.69, 9.17) is 28.9 Å². The molecule has 0 saturated heterocycles. The van der Waals surface area contributed by atoms with Gasteiger partial charge in [0.2, 0.25) is 5.91 Å². The van der Waals surface area contributed by atoms with Crippen molar-refractivity contribution in [2.24, 2.45) is 5.73 Å². The summed E-state index contributed by atoms with van der Waals surface area (Å²) in [6, 6.07) is 11.4. The number of rotatable bonds is 4. The molecule has 2 aromatic carbocycles. The fraction of sp³-hybridized carbons (Fsp3) is 0.316. The molecule has 0 saturated carbocycles. The third kappa shape index (κ3) is 3.75. The summed E-state index contributed by atoms with van der Waals surface area (Å²) < 4.78 is 0. The smallest absolute Gasteiger partial charge is 0.248 e. The predicted molar refractivity (Wildman–Crippen MR) is 98.8 cm³/mol. The van der Waals surface area contributed by atoms with Gasteiger partial charge in [-0.3, -0.25) is 4.79 Å². The van der Waals surface area contributed by atoms with E-state index in [9.17, 15) is 4.79 Å². The van der Waals surface area contributed by atoms with Gasteiger partial charge in [0.05, 0.1) is 0 Å². The number of fused-ring (bicyclic) bond motifs is 1. The van der Waals surface area contributed by atoms with Crippen molar-refractivity contribution in [1.82, 2.24) is 4.90 Å². The van der Waals surface area contributed by atoms with Crippen molar-refractivity contribution >= 4 is 29.1 Å². The molecule has 2 aromatic rings. The van der Waals surface area contributed by atoms with Crippen molar-refractivity contribution in [3.05, 3.63) is 68.7 Å². The second-order valence-corrected chi connectivity index (χ2v) is 7.29. The molecule has 0 spiro atoms. The molecule has 0 fully saturated rings. The Morgan fingerprint density at radius 3 is 2.62 bits per heavy atom. The standard InChI is InChI=1S/C19H20Cl2N2O/c1-23-10-14(16-8-15(20)9-18(21)17(16)11-23)7-4-12-2-5-13(6-3-12)19(22)24/h2-3,5-6,8-9,14H,4,7,10-11H2,1H3,(H2,22,24). The number of halogens is 2. The minimum atomic E-state index is -0.395. The zero-order valence-corrected chi connectivity index (χ0v) is 15.1. The summed E-state index contributed by atoms with van der Waals surface area (Å²) in [7, 11) is 2.11. The van der Waals surface area contributed by atoms with E-state index >= 15 is 0 Å². The van der Waals surface area contributed by atoms with Gasteiger partial charge < -0.3 is 10.6 Å². The normalized spacial score (nSPS) is 17.5. The molecule has 3 nitrogen and oxygen atoms in total. The molecule has 1 atom stereocenters. The Labute approximate surface area is 152 Å². The average Bonchev–Trinajstić information content (AvgIpc) is 2.54. The topological polar surface area (TPSA) is 46.3 Å². The van der Waals surface area contributed by atoms with E-state index in [1.54, 1.807) is 12.1 Å². The molecular weight excluding hydrogens is 343 g/mol. The first kappa shape index (κ1) is 17.3. The van der Waals surface area contributed by atoms with Crippen LogP contribution in [0.5, 0.6) is 0 Å². The first-order valence-electron chi connectivity index (χ1n) is 7.99. The second-order valence-electron chi connectivity index (χ2n) is 6.45. The number of primary amides is 1. The van der Waals surface area contributed by atoms with Crippen LogP contribution in [0.3, 0.4) is 0 Å². The number of aryl methyl sites for hydroxylation is 1. The Hall–Kier alpha value is -1.55. The van der Waals surface area contributed by atoms with E-state index in [0.29, 0.717) is 16.5 Å². The molecule has 1 aliphatic rings. The SMILES string of the molecule is CN1Cc2c(Cl)cc(Cl)cc2C(CCc2ccc(C(N)=O)cc2)C1. The largest absolute Gasteiger partial charge is 0.366 e. The van der Waals surface area contributed by atoms with Crippen molar-refractivity contribution in [1.29, 1.82) is 0 Å². The lowest BCUT2D eigenvalue weighted by Gasteiger charge is -2.33. The van der Waals surface area contributed by atoms with Gasteiger partial charge in [-0.1, -0.05) is 35.3 Å². The molecule has 0 aliphatic carbocycles. The summed E-state index contributed by atoms with van der Waals surface area (Å²) >= 11 is 12.6. The molecule has 5 heteroatoms. The lowest BCUT2D eigenvalue weighted by Crippen LogP contribution is -2.31. The highest BCUT2D eigenvalue weighted by molar-refractivity contribution is 6.35. The maximum atomic E-state index is 11.1. The van der Waals surface area contributed by atoms with Crippen molar-refractivity contribution in [2.45, 2.75) is 25.3 Å². The van der Waals surface area contributed by atoms with Crippen LogP contribution in [0, 0.1) is 0 Å². The summed E-state index contributed by atoms with van der Waals surface area (Å²) in [5.41, 5.74) is 9.47. The fourth-order valence-corrected chi connectivity index (χ4v) is 3.96. The molecule has 3 rings (SSSR count). The molecule has 0 radical (unpaired) electrons. The lowest BCUT2D eigenvalue weighted by molar-refractivity contribution is 0.100. The van der Waals surface area contributed by atoms with Crippen LogP contribution in [0.2, 0.25) is 10.0 Å². The van der Waals surface area contributed by atoms with Crippen LogP contribution in [-0.4, -0.2) is 24.4 Å². The number of carbonyl (C=O) groups excluding carboxylic acids is 1.